The quantitative estimate of drug-likeness (QED) is 0.881. The average molecular weight is 322 g/mol. The summed E-state index contributed by atoms with van der Waals surface area (Å²) in [6.45, 7) is 2.00. The number of ether oxygens (including phenoxy) is 2. The van der Waals surface area contributed by atoms with Gasteiger partial charge in [0.15, 0.2) is 0 Å². The molecule has 0 unspecified atom stereocenters. The van der Waals surface area contributed by atoms with Gasteiger partial charge in [-0.2, -0.15) is 0 Å². The lowest BCUT2D eigenvalue weighted by molar-refractivity contribution is -0.115. The highest BCUT2D eigenvalue weighted by atomic mass is 16.5. The number of aryl methyl sites for hydroxylation is 1. The number of methoxy groups -OCH3 is 2. The molecule has 0 radical (unpaired) electrons. The molecule has 0 aromatic heterocycles. The number of hydrogen-bond donors (Lipinski definition) is 1. The Bertz CT molecular complexity index is 831. The van der Waals surface area contributed by atoms with Gasteiger partial charge < -0.3 is 14.8 Å². The Balaban J connectivity index is 1.97. The Morgan fingerprint density at radius 2 is 1.75 bits per heavy atom. The summed E-state index contributed by atoms with van der Waals surface area (Å²) in [6, 6.07) is 13.3. The Kier molecular flexibility index (Phi) is 4.33. The van der Waals surface area contributed by atoms with E-state index < -0.39 is 0 Å². The van der Waals surface area contributed by atoms with Crippen molar-refractivity contribution in [3.8, 4) is 11.5 Å². The molecule has 0 atom stereocenters. The standard InChI is InChI=1S/C19H18N2O3/c1-12-5-4-6-14(7-12)18-20-17(19(22)21-18)10-13-8-15(23-2)11-16(9-13)24-3/h4-11H,1-3H3,(H,20,21,22)/b17-10+. The zero-order valence-corrected chi connectivity index (χ0v) is 13.8. The predicted octanol–water partition coefficient (Wildman–Crippen LogP) is 2.93. The van der Waals surface area contributed by atoms with Crippen molar-refractivity contribution in [3.05, 3.63) is 64.9 Å². The molecule has 0 aliphatic carbocycles. The Morgan fingerprint density at radius 3 is 2.38 bits per heavy atom. The van der Waals surface area contributed by atoms with E-state index in [0.29, 0.717) is 23.0 Å². The van der Waals surface area contributed by atoms with Crippen LogP contribution >= 0.6 is 0 Å². The van der Waals surface area contributed by atoms with Gasteiger partial charge in [-0.15, -0.1) is 0 Å². The summed E-state index contributed by atoms with van der Waals surface area (Å²) in [5, 5.41) is 2.81. The highest BCUT2D eigenvalue weighted by Gasteiger charge is 2.21. The van der Waals surface area contributed by atoms with Gasteiger partial charge in [-0.25, -0.2) is 4.99 Å². The number of amides is 1. The van der Waals surface area contributed by atoms with Crippen molar-refractivity contribution in [2.45, 2.75) is 6.92 Å². The van der Waals surface area contributed by atoms with Crippen LogP contribution in [0.3, 0.4) is 0 Å². The third-order valence-electron chi connectivity index (χ3n) is 3.67. The summed E-state index contributed by atoms with van der Waals surface area (Å²) in [4.78, 5) is 16.6. The third-order valence-corrected chi connectivity index (χ3v) is 3.67. The van der Waals surface area contributed by atoms with Gasteiger partial charge in [0.1, 0.15) is 23.0 Å². The van der Waals surface area contributed by atoms with E-state index in [1.807, 2.05) is 43.3 Å². The van der Waals surface area contributed by atoms with Crippen molar-refractivity contribution in [2.75, 3.05) is 14.2 Å². The van der Waals surface area contributed by atoms with E-state index in [1.165, 1.54) is 0 Å². The number of carbonyl (C=O) groups is 1. The lowest BCUT2D eigenvalue weighted by Gasteiger charge is -2.05. The molecular formula is C19H18N2O3. The summed E-state index contributed by atoms with van der Waals surface area (Å²) in [5.74, 6) is 1.64. The van der Waals surface area contributed by atoms with Crippen molar-refractivity contribution in [1.29, 1.82) is 0 Å². The Morgan fingerprint density at radius 1 is 1.04 bits per heavy atom. The molecule has 1 heterocycles. The molecule has 122 valence electrons. The molecule has 5 nitrogen and oxygen atoms in total. The monoisotopic (exact) mass is 322 g/mol. The number of amidine groups is 1. The van der Waals surface area contributed by atoms with Crippen molar-refractivity contribution >= 4 is 17.8 Å². The smallest absolute Gasteiger partial charge is 0.275 e. The summed E-state index contributed by atoms with van der Waals surface area (Å²) >= 11 is 0. The van der Waals surface area contributed by atoms with E-state index in [2.05, 4.69) is 10.3 Å². The first kappa shape index (κ1) is 15.8. The van der Waals surface area contributed by atoms with Gasteiger partial charge in [0.25, 0.3) is 5.91 Å². The lowest BCUT2D eigenvalue weighted by Crippen LogP contribution is -2.24. The molecular weight excluding hydrogens is 304 g/mol. The van der Waals surface area contributed by atoms with Gasteiger partial charge in [0.05, 0.1) is 14.2 Å². The number of aliphatic imine (C=N–C) groups is 1. The fraction of sp³-hybridized carbons (Fsp3) is 0.158. The minimum Gasteiger partial charge on any atom is -0.497 e. The molecule has 0 fully saturated rings. The fourth-order valence-electron chi connectivity index (χ4n) is 2.47. The topological polar surface area (TPSA) is 59.9 Å². The van der Waals surface area contributed by atoms with Gasteiger partial charge in [0, 0.05) is 11.6 Å². The molecule has 1 aliphatic heterocycles. The first-order chi connectivity index (χ1) is 11.6. The first-order valence-electron chi connectivity index (χ1n) is 7.51. The molecule has 0 spiro atoms. The molecule has 2 aromatic rings. The molecule has 1 N–H and O–H groups in total. The van der Waals surface area contributed by atoms with Gasteiger partial charge in [0.2, 0.25) is 0 Å². The Hall–Kier alpha value is -3.08. The van der Waals surface area contributed by atoms with Crippen LogP contribution in [0, 0.1) is 6.92 Å². The summed E-state index contributed by atoms with van der Waals surface area (Å²) < 4.78 is 10.5. The molecule has 5 heteroatoms. The second-order valence-corrected chi connectivity index (χ2v) is 5.46. The zero-order valence-electron chi connectivity index (χ0n) is 13.8. The highest BCUT2D eigenvalue weighted by Crippen LogP contribution is 2.25. The summed E-state index contributed by atoms with van der Waals surface area (Å²) in [7, 11) is 3.17. The van der Waals surface area contributed by atoms with Crippen LogP contribution in [0.15, 0.2) is 53.2 Å². The molecule has 2 aromatic carbocycles. The summed E-state index contributed by atoms with van der Waals surface area (Å²) in [5.41, 5.74) is 3.13. The number of hydrogen-bond acceptors (Lipinski definition) is 4. The Labute approximate surface area is 140 Å². The number of benzene rings is 2. The minimum absolute atomic E-state index is 0.228. The van der Waals surface area contributed by atoms with Crippen molar-refractivity contribution < 1.29 is 14.3 Å². The number of nitrogens with zero attached hydrogens (tertiary/aromatic N) is 1. The number of nitrogens with one attached hydrogen (secondary N) is 1. The van der Waals surface area contributed by atoms with Crippen LogP contribution in [0.2, 0.25) is 0 Å². The maximum absolute atomic E-state index is 12.2. The SMILES string of the molecule is COc1cc(/C=C2/N=C(c3cccc(C)c3)NC2=O)cc(OC)c1. The normalized spacial score (nSPS) is 15.2. The van der Waals surface area contributed by atoms with E-state index in [1.54, 1.807) is 26.4 Å². The molecule has 0 saturated carbocycles. The zero-order chi connectivity index (χ0) is 17.1. The van der Waals surface area contributed by atoms with Crippen LogP contribution in [0.4, 0.5) is 0 Å². The predicted molar refractivity (Wildman–Crippen MR) is 93.4 cm³/mol. The molecule has 0 bridgehead atoms. The van der Waals surface area contributed by atoms with Crippen LogP contribution in [0.1, 0.15) is 16.7 Å². The molecule has 0 saturated heterocycles. The van der Waals surface area contributed by atoms with Crippen LogP contribution in [0.5, 0.6) is 11.5 Å². The largest absolute Gasteiger partial charge is 0.497 e. The van der Waals surface area contributed by atoms with Crippen LogP contribution < -0.4 is 14.8 Å². The van der Waals surface area contributed by atoms with Gasteiger partial charge >= 0.3 is 0 Å². The van der Waals surface area contributed by atoms with Gasteiger partial charge in [-0.1, -0.05) is 23.8 Å². The van der Waals surface area contributed by atoms with Gasteiger partial charge in [-0.3, -0.25) is 4.79 Å². The number of carbonyl (C=O) groups excluding carboxylic acids is 1. The molecule has 1 amide bonds. The number of rotatable bonds is 4. The van der Waals surface area contributed by atoms with Crippen LogP contribution in [-0.4, -0.2) is 26.0 Å². The molecule has 24 heavy (non-hydrogen) atoms. The van der Waals surface area contributed by atoms with Crippen molar-refractivity contribution in [1.82, 2.24) is 5.32 Å². The van der Waals surface area contributed by atoms with Crippen molar-refractivity contribution in [2.24, 2.45) is 4.99 Å². The minimum atomic E-state index is -0.228. The van der Waals surface area contributed by atoms with E-state index in [4.69, 9.17) is 9.47 Å². The van der Waals surface area contributed by atoms with E-state index >= 15 is 0 Å². The van der Waals surface area contributed by atoms with E-state index in [9.17, 15) is 4.79 Å². The maximum Gasteiger partial charge on any atom is 0.275 e. The van der Waals surface area contributed by atoms with Crippen LogP contribution in [0.25, 0.3) is 6.08 Å². The van der Waals surface area contributed by atoms with E-state index in [0.717, 1.165) is 16.7 Å². The van der Waals surface area contributed by atoms with Crippen molar-refractivity contribution in [3.63, 3.8) is 0 Å². The average Bonchev–Trinajstić information content (AvgIpc) is 2.95. The first-order valence-corrected chi connectivity index (χ1v) is 7.51. The van der Waals surface area contributed by atoms with Crippen LogP contribution in [-0.2, 0) is 4.79 Å². The second kappa shape index (κ2) is 6.58. The fourth-order valence-corrected chi connectivity index (χ4v) is 2.47. The van der Waals surface area contributed by atoms with E-state index in [-0.39, 0.29) is 5.91 Å². The second-order valence-electron chi connectivity index (χ2n) is 5.46. The summed E-state index contributed by atoms with van der Waals surface area (Å²) in [6.07, 6.45) is 1.71. The lowest BCUT2D eigenvalue weighted by atomic mass is 10.1. The molecule has 3 rings (SSSR count). The van der Waals surface area contributed by atoms with Gasteiger partial charge in [-0.05, 0) is 36.8 Å². The molecule has 1 aliphatic rings. The third kappa shape index (κ3) is 3.30. The highest BCUT2D eigenvalue weighted by molar-refractivity contribution is 6.19. The maximum atomic E-state index is 12.2.